The van der Waals surface area contributed by atoms with E-state index in [-0.39, 0.29) is 11.8 Å². The predicted molar refractivity (Wildman–Crippen MR) is 65.5 cm³/mol. The van der Waals surface area contributed by atoms with Crippen molar-refractivity contribution in [3.63, 3.8) is 0 Å². The molecule has 16 heavy (non-hydrogen) atoms. The molecule has 0 aromatic carbocycles. The van der Waals surface area contributed by atoms with E-state index in [0.717, 1.165) is 0 Å². The van der Waals surface area contributed by atoms with Crippen LogP contribution in [-0.2, 0) is 13.6 Å². The van der Waals surface area contributed by atoms with Crippen LogP contribution in [0.3, 0.4) is 0 Å². The summed E-state index contributed by atoms with van der Waals surface area (Å²) in [6.45, 7) is 11.4. The molecule has 98 valence electrons. The van der Waals surface area contributed by atoms with Crippen molar-refractivity contribution >= 4 is 7.60 Å². The van der Waals surface area contributed by atoms with Crippen molar-refractivity contribution in [3.8, 4) is 0 Å². The Bertz CT molecular complexity index is 227. The van der Waals surface area contributed by atoms with Crippen LogP contribution in [0.5, 0.6) is 0 Å². The molecule has 0 unspecified atom stereocenters. The van der Waals surface area contributed by atoms with Crippen LogP contribution in [0.25, 0.3) is 0 Å². The maximum absolute atomic E-state index is 12.3. The molecule has 0 fully saturated rings. The van der Waals surface area contributed by atoms with Gasteiger partial charge in [-0.25, -0.2) is 0 Å². The highest BCUT2D eigenvalue weighted by atomic mass is 31.2. The smallest absolute Gasteiger partial charge is 0.361 e. The summed E-state index contributed by atoms with van der Waals surface area (Å²) in [5, 5.41) is 8.39. The van der Waals surface area contributed by atoms with Gasteiger partial charge in [-0.05, 0) is 25.7 Å². The van der Waals surface area contributed by atoms with Crippen molar-refractivity contribution in [1.29, 1.82) is 0 Å². The molecule has 0 aliphatic carbocycles. The van der Waals surface area contributed by atoms with Crippen LogP contribution in [0.2, 0.25) is 0 Å². The van der Waals surface area contributed by atoms with E-state index in [1.54, 1.807) is 0 Å². The summed E-state index contributed by atoms with van der Waals surface area (Å²) in [5.74, 6) is 0.497. The zero-order valence-corrected chi connectivity index (χ0v) is 12.1. The Balaban J connectivity index is 4.57. The Kier molecular flexibility index (Phi) is 6.20. The highest BCUT2D eigenvalue weighted by molar-refractivity contribution is 7.55. The first-order valence-corrected chi connectivity index (χ1v) is 7.24. The van der Waals surface area contributed by atoms with Gasteiger partial charge in [-0.1, -0.05) is 27.7 Å². The Morgan fingerprint density at radius 2 is 1.38 bits per heavy atom. The van der Waals surface area contributed by atoms with E-state index in [0.29, 0.717) is 13.2 Å². The fourth-order valence-electron chi connectivity index (χ4n) is 0.848. The van der Waals surface area contributed by atoms with Gasteiger partial charge in [-0.3, -0.25) is 4.57 Å². The Morgan fingerprint density at radius 1 is 1.06 bits per heavy atom. The minimum Gasteiger partial charge on any atom is -0.378 e. The third kappa shape index (κ3) is 5.44. The van der Waals surface area contributed by atoms with Gasteiger partial charge >= 0.3 is 7.60 Å². The molecule has 0 spiro atoms. The average Bonchev–Trinajstić information content (AvgIpc) is 2.09. The fourth-order valence-corrected chi connectivity index (χ4v) is 2.54. The normalized spacial score (nSPS) is 13.8. The summed E-state index contributed by atoms with van der Waals surface area (Å²) in [5.41, 5.74) is 0. The monoisotopic (exact) mass is 252 g/mol. The lowest BCUT2D eigenvalue weighted by molar-refractivity contribution is 0.0811. The molecule has 1 N–H and O–H groups in total. The quantitative estimate of drug-likeness (QED) is 0.706. The molecule has 0 aromatic heterocycles. The van der Waals surface area contributed by atoms with Gasteiger partial charge in [-0.15, -0.1) is 0 Å². The largest absolute Gasteiger partial charge is 0.378 e. The zero-order valence-electron chi connectivity index (χ0n) is 11.2. The van der Waals surface area contributed by atoms with Crippen LogP contribution in [0.15, 0.2) is 0 Å². The summed E-state index contributed by atoms with van der Waals surface area (Å²) < 4.78 is 22.9. The molecular formula is C11H25O4P. The first-order valence-electron chi connectivity index (χ1n) is 5.70. The van der Waals surface area contributed by atoms with Crippen LogP contribution in [0.1, 0.15) is 41.5 Å². The third-order valence-corrected chi connectivity index (χ3v) is 4.14. The molecule has 0 radical (unpaired) electrons. The SMILES string of the molecule is CC(C)COP(=O)(OCC(C)C)C(C)(C)O. The zero-order chi connectivity index (χ0) is 13.0. The molecule has 0 saturated heterocycles. The lowest BCUT2D eigenvalue weighted by atomic mass is 10.2. The maximum atomic E-state index is 12.3. The number of hydrogen-bond acceptors (Lipinski definition) is 4. The van der Waals surface area contributed by atoms with Gasteiger partial charge in [0.15, 0.2) is 5.34 Å². The maximum Gasteiger partial charge on any atom is 0.361 e. The third-order valence-electron chi connectivity index (χ3n) is 1.83. The van der Waals surface area contributed by atoms with E-state index in [9.17, 15) is 9.67 Å². The van der Waals surface area contributed by atoms with Crippen molar-refractivity contribution in [2.75, 3.05) is 13.2 Å². The van der Waals surface area contributed by atoms with E-state index in [1.807, 2.05) is 27.7 Å². The van der Waals surface area contributed by atoms with Crippen LogP contribution in [0.4, 0.5) is 0 Å². The summed E-state index contributed by atoms with van der Waals surface area (Å²) in [6, 6.07) is 0. The Morgan fingerprint density at radius 3 is 1.56 bits per heavy atom. The molecule has 0 amide bonds. The summed E-state index contributed by atoms with van der Waals surface area (Å²) in [4.78, 5) is 0. The van der Waals surface area contributed by atoms with Crippen molar-refractivity contribution in [2.24, 2.45) is 11.8 Å². The van der Waals surface area contributed by atoms with E-state index in [1.165, 1.54) is 13.8 Å². The first-order chi connectivity index (χ1) is 7.08. The van der Waals surface area contributed by atoms with Gasteiger partial charge in [-0.2, -0.15) is 0 Å². The highest BCUT2D eigenvalue weighted by Crippen LogP contribution is 2.58. The molecule has 0 aromatic rings. The minimum atomic E-state index is -3.46. The lowest BCUT2D eigenvalue weighted by Crippen LogP contribution is -2.24. The molecule has 0 aliphatic heterocycles. The Hall–Kier alpha value is 0.110. The standard InChI is InChI=1S/C11H25O4P/c1-9(2)7-14-16(13,11(5,6)12)15-8-10(3)4/h9-10,12H,7-8H2,1-6H3. The highest BCUT2D eigenvalue weighted by Gasteiger charge is 2.42. The number of rotatable bonds is 7. The van der Waals surface area contributed by atoms with E-state index in [4.69, 9.17) is 9.05 Å². The molecular weight excluding hydrogens is 227 g/mol. The first kappa shape index (κ1) is 16.1. The van der Waals surface area contributed by atoms with Crippen LogP contribution in [-0.4, -0.2) is 23.7 Å². The second-order valence-electron chi connectivity index (χ2n) is 5.37. The van der Waals surface area contributed by atoms with Crippen molar-refractivity contribution in [3.05, 3.63) is 0 Å². The van der Waals surface area contributed by atoms with Crippen molar-refractivity contribution in [2.45, 2.75) is 46.9 Å². The molecule has 0 heterocycles. The average molecular weight is 252 g/mol. The molecule has 5 heteroatoms. The second kappa shape index (κ2) is 6.15. The van der Waals surface area contributed by atoms with Gasteiger partial charge in [0, 0.05) is 0 Å². The molecule has 0 atom stereocenters. The predicted octanol–water partition coefficient (Wildman–Crippen LogP) is 3.25. The van der Waals surface area contributed by atoms with E-state index < -0.39 is 12.9 Å². The molecule has 0 saturated carbocycles. The summed E-state index contributed by atoms with van der Waals surface area (Å²) in [6.07, 6.45) is 0. The van der Waals surface area contributed by atoms with Gasteiger partial charge in [0.2, 0.25) is 0 Å². The van der Waals surface area contributed by atoms with Crippen molar-refractivity contribution < 1.29 is 18.7 Å². The van der Waals surface area contributed by atoms with Gasteiger partial charge < -0.3 is 14.2 Å². The van der Waals surface area contributed by atoms with Gasteiger partial charge in [0.25, 0.3) is 0 Å². The Labute approximate surface area is 98.9 Å². The molecule has 4 nitrogen and oxygen atoms in total. The van der Waals surface area contributed by atoms with Gasteiger partial charge in [0.05, 0.1) is 13.2 Å². The second-order valence-corrected chi connectivity index (χ2v) is 7.98. The van der Waals surface area contributed by atoms with E-state index in [2.05, 4.69) is 0 Å². The van der Waals surface area contributed by atoms with Crippen LogP contribution >= 0.6 is 7.60 Å². The molecule has 0 bridgehead atoms. The number of hydrogen-bond donors (Lipinski definition) is 1. The van der Waals surface area contributed by atoms with Crippen LogP contribution < -0.4 is 0 Å². The summed E-state index contributed by atoms with van der Waals surface area (Å²) in [7, 11) is -3.46. The fraction of sp³-hybridized carbons (Fsp3) is 1.00. The minimum absolute atomic E-state index is 0.248. The van der Waals surface area contributed by atoms with Crippen LogP contribution in [0, 0.1) is 11.8 Å². The molecule has 0 rings (SSSR count). The van der Waals surface area contributed by atoms with Gasteiger partial charge in [0.1, 0.15) is 0 Å². The van der Waals surface area contributed by atoms with E-state index >= 15 is 0 Å². The van der Waals surface area contributed by atoms with Crippen molar-refractivity contribution in [1.82, 2.24) is 0 Å². The topological polar surface area (TPSA) is 55.8 Å². The molecule has 0 aliphatic rings. The lowest BCUT2D eigenvalue weighted by Gasteiger charge is -2.29. The summed E-state index contributed by atoms with van der Waals surface area (Å²) >= 11 is 0. The number of aliphatic hydroxyl groups is 1.